The van der Waals surface area contributed by atoms with Gasteiger partial charge in [0, 0.05) is 37.5 Å². The fourth-order valence-electron chi connectivity index (χ4n) is 3.47. The maximum absolute atomic E-state index is 10.6. The molecule has 2 saturated heterocycles. The summed E-state index contributed by atoms with van der Waals surface area (Å²) in [5, 5.41) is 7.12. The number of alkyl halides is 3. The van der Waals surface area contributed by atoms with E-state index in [-0.39, 0.29) is 12.2 Å². The summed E-state index contributed by atoms with van der Waals surface area (Å²) in [7, 11) is 1.67. The van der Waals surface area contributed by atoms with E-state index in [2.05, 4.69) is 22.5 Å². The zero-order valence-electron chi connectivity index (χ0n) is 16.1. The van der Waals surface area contributed by atoms with E-state index < -0.39 is 12.1 Å². The molecule has 2 aliphatic rings. The maximum atomic E-state index is 10.6. The molecule has 2 aliphatic heterocycles. The van der Waals surface area contributed by atoms with Crippen LogP contribution in [0.3, 0.4) is 0 Å². The average Bonchev–Trinajstić information content (AvgIpc) is 3.04. The smallest absolute Gasteiger partial charge is 0.481 e. The standard InChI is InChI=1S/C17H24N2O3.C2HF3O2/c1-3-9-21-15-12-19(14-7-5-10-22-16(14)15)11-13-6-4-8-18-17(13)20-2;3-2(4,5)1(6)7/h3-4,6,8,14-16H,1,5,7,9-12H2,2H3;(H,6,7)/t14-,15+,16+;/m1./s1. The van der Waals surface area contributed by atoms with Gasteiger partial charge in [0.2, 0.25) is 5.88 Å². The van der Waals surface area contributed by atoms with E-state index in [0.717, 1.165) is 38.1 Å². The van der Waals surface area contributed by atoms with Crippen molar-refractivity contribution < 1.29 is 37.3 Å². The summed E-state index contributed by atoms with van der Waals surface area (Å²) < 4.78 is 49.0. The van der Waals surface area contributed by atoms with Crippen LogP contribution in [0.1, 0.15) is 18.4 Å². The third kappa shape index (κ3) is 6.41. The van der Waals surface area contributed by atoms with Gasteiger partial charge < -0.3 is 19.3 Å². The highest BCUT2D eigenvalue weighted by Crippen LogP contribution is 2.32. The van der Waals surface area contributed by atoms with Crippen LogP contribution in [0.15, 0.2) is 31.0 Å². The van der Waals surface area contributed by atoms with Crippen molar-refractivity contribution in [3.05, 3.63) is 36.5 Å². The number of rotatable bonds is 6. The topological polar surface area (TPSA) is 81.1 Å². The van der Waals surface area contributed by atoms with E-state index in [0.29, 0.717) is 18.5 Å². The van der Waals surface area contributed by atoms with Gasteiger partial charge in [-0.3, -0.25) is 4.90 Å². The largest absolute Gasteiger partial charge is 0.490 e. The predicted molar refractivity (Wildman–Crippen MR) is 97.6 cm³/mol. The highest BCUT2D eigenvalue weighted by Gasteiger charge is 2.44. The van der Waals surface area contributed by atoms with Crippen LogP contribution in [0.5, 0.6) is 5.88 Å². The third-order valence-corrected chi connectivity index (χ3v) is 4.67. The second-order valence-electron chi connectivity index (χ2n) is 6.61. The van der Waals surface area contributed by atoms with Crippen molar-refractivity contribution in [3.63, 3.8) is 0 Å². The molecule has 0 aliphatic carbocycles. The van der Waals surface area contributed by atoms with E-state index in [1.807, 2.05) is 6.07 Å². The molecule has 0 aromatic carbocycles. The lowest BCUT2D eigenvalue weighted by molar-refractivity contribution is -0.192. The Balaban J connectivity index is 0.000000370. The molecule has 0 spiro atoms. The maximum Gasteiger partial charge on any atom is 0.490 e. The van der Waals surface area contributed by atoms with Gasteiger partial charge in [0.15, 0.2) is 0 Å². The van der Waals surface area contributed by atoms with Gasteiger partial charge in [-0.1, -0.05) is 12.1 Å². The van der Waals surface area contributed by atoms with E-state index in [9.17, 15) is 13.2 Å². The summed E-state index contributed by atoms with van der Waals surface area (Å²) in [6, 6.07) is 4.44. The molecule has 1 aromatic heterocycles. The van der Waals surface area contributed by atoms with Gasteiger partial charge in [0.05, 0.1) is 19.8 Å². The molecule has 29 heavy (non-hydrogen) atoms. The fraction of sp³-hybridized carbons (Fsp3) is 0.579. The Kier molecular flexibility index (Phi) is 8.42. The Morgan fingerprint density at radius 3 is 2.86 bits per heavy atom. The molecule has 0 amide bonds. The molecule has 0 saturated carbocycles. The first-order valence-corrected chi connectivity index (χ1v) is 9.14. The first-order valence-electron chi connectivity index (χ1n) is 9.14. The molecule has 3 heterocycles. The number of likely N-dealkylation sites (tertiary alicyclic amines) is 1. The van der Waals surface area contributed by atoms with Gasteiger partial charge in [0.25, 0.3) is 0 Å². The molecule has 7 nitrogen and oxygen atoms in total. The normalized spacial score (nSPS) is 24.2. The van der Waals surface area contributed by atoms with Crippen LogP contribution in [0.25, 0.3) is 0 Å². The molecule has 10 heteroatoms. The molecule has 0 unspecified atom stereocenters. The van der Waals surface area contributed by atoms with Crippen molar-refractivity contribution in [2.24, 2.45) is 0 Å². The molecule has 1 aromatic rings. The minimum absolute atomic E-state index is 0.117. The SMILES string of the molecule is C=CCO[C@H]1CN(Cc2cccnc2OC)[C@@H]2CCCO[C@H]12.O=C(O)C(F)(F)F. The van der Waals surface area contributed by atoms with Gasteiger partial charge in [-0.05, 0) is 18.9 Å². The minimum Gasteiger partial charge on any atom is -0.481 e. The lowest BCUT2D eigenvalue weighted by Gasteiger charge is -2.32. The Morgan fingerprint density at radius 1 is 1.52 bits per heavy atom. The highest BCUT2D eigenvalue weighted by molar-refractivity contribution is 5.73. The van der Waals surface area contributed by atoms with Crippen LogP contribution in [-0.2, 0) is 20.8 Å². The van der Waals surface area contributed by atoms with Gasteiger partial charge in [-0.2, -0.15) is 13.2 Å². The number of fused-ring (bicyclic) bond motifs is 1. The molecule has 2 fully saturated rings. The summed E-state index contributed by atoms with van der Waals surface area (Å²) in [5.74, 6) is -2.06. The van der Waals surface area contributed by atoms with Crippen LogP contribution < -0.4 is 4.74 Å². The van der Waals surface area contributed by atoms with Crippen LogP contribution >= 0.6 is 0 Å². The van der Waals surface area contributed by atoms with Gasteiger partial charge >= 0.3 is 12.1 Å². The molecule has 162 valence electrons. The molecule has 3 atom stereocenters. The zero-order chi connectivity index (χ0) is 21.4. The van der Waals surface area contributed by atoms with Crippen molar-refractivity contribution in [3.8, 4) is 5.88 Å². The van der Waals surface area contributed by atoms with Crippen LogP contribution in [0.4, 0.5) is 13.2 Å². The van der Waals surface area contributed by atoms with Crippen molar-refractivity contribution in [1.82, 2.24) is 9.88 Å². The fourth-order valence-corrected chi connectivity index (χ4v) is 3.47. The van der Waals surface area contributed by atoms with Crippen molar-refractivity contribution in [2.75, 3.05) is 26.9 Å². The quantitative estimate of drug-likeness (QED) is 0.712. The van der Waals surface area contributed by atoms with Crippen LogP contribution in [0, 0.1) is 0 Å². The number of hydrogen-bond acceptors (Lipinski definition) is 6. The van der Waals surface area contributed by atoms with Crippen molar-refractivity contribution in [1.29, 1.82) is 0 Å². The minimum atomic E-state index is -5.08. The van der Waals surface area contributed by atoms with E-state index in [1.165, 1.54) is 0 Å². The molecule has 0 bridgehead atoms. The molecular weight excluding hydrogens is 393 g/mol. The Hall–Kier alpha value is -2.17. The summed E-state index contributed by atoms with van der Waals surface area (Å²) in [6.45, 7) is 6.83. The molecule has 3 rings (SSSR count). The Bertz CT molecular complexity index is 686. The number of carboxylic acid groups (broad SMARTS) is 1. The summed E-state index contributed by atoms with van der Waals surface area (Å²) >= 11 is 0. The number of aromatic nitrogens is 1. The average molecular weight is 418 g/mol. The number of carboxylic acids is 1. The number of nitrogens with zero attached hydrogens (tertiary/aromatic N) is 2. The first kappa shape index (κ1) is 23.1. The number of aliphatic carboxylic acids is 1. The Morgan fingerprint density at radius 2 is 2.24 bits per heavy atom. The van der Waals surface area contributed by atoms with Crippen LogP contribution in [0.2, 0.25) is 0 Å². The monoisotopic (exact) mass is 418 g/mol. The number of halogens is 3. The number of hydrogen-bond donors (Lipinski definition) is 1. The Labute approximate surface area is 167 Å². The highest BCUT2D eigenvalue weighted by atomic mass is 19.4. The molecule has 0 radical (unpaired) electrons. The third-order valence-electron chi connectivity index (χ3n) is 4.67. The van der Waals surface area contributed by atoms with Gasteiger partial charge in [-0.15, -0.1) is 6.58 Å². The van der Waals surface area contributed by atoms with Crippen LogP contribution in [-0.4, -0.2) is 72.3 Å². The number of ether oxygens (including phenoxy) is 3. The summed E-state index contributed by atoms with van der Waals surface area (Å²) in [5.41, 5.74) is 1.11. The van der Waals surface area contributed by atoms with Gasteiger partial charge in [0.1, 0.15) is 6.10 Å². The summed E-state index contributed by atoms with van der Waals surface area (Å²) in [4.78, 5) is 15.6. The number of methoxy groups -OCH3 is 1. The molecule has 1 N–H and O–H groups in total. The lowest BCUT2D eigenvalue weighted by atomic mass is 10.0. The van der Waals surface area contributed by atoms with Gasteiger partial charge in [-0.25, -0.2) is 9.78 Å². The second-order valence-corrected chi connectivity index (χ2v) is 6.61. The second kappa shape index (κ2) is 10.6. The van der Waals surface area contributed by atoms with E-state index in [1.54, 1.807) is 19.4 Å². The zero-order valence-corrected chi connectivity index (χ0v) is 16.1. The molecular formula is C19H25F3N2O5. The van der Waals surface area contributed by atoms with Crippen molar-refractivity contribution in [2.45, 2.75) is 43.8 Å². The van der Waals surface area contributed by atoms with E-state index >= 15 is 0 Å². The van der Waals surface area contributed by atoms with Crippen molar-refractivity contribution >= 4 is 5.97 Å². The first-order chi connectivity index (χ1) is 13.8. The number of pyridine rings is 1. The van der Waals surface area contributed by atoms with E-state index in [4.69, 9.17) is 24.1 Å². The number of carbonyl (C=O) groups is 1. The summed E-state index contributed by atoms with van der Waals surface area (Å²) in [6.07, 6.45) is 1.01. The lowest BCUT2D eigenvalue weighted by Crippen LogP contribution is -2.41. The predicted octanol–water partition coefficient (Wildman–Crippen LogP) is 2.66.